The van der Waals surface area contributed by atoms with Gasteiger partial charge in [-0.15, -0.1) is 0 Å². The van der Waals surface area contributed by atoms with E-state index in [2.05, 4.69) is 5.32 Å². The summed E-state index contributed by atoms with van der Waals surface area (Å²) in [5, 5.41) is 30.0. The molecule has 1 aliphatic heterocycles. The fraction of sp³-hybridized carbons (Fsp3) is 0.300. The normalized spacial score (nSPS) is 14.7. The number of rotatable bonds is 4. The first-order valence-corrected chi connectivity index (χ1v) is 8.81. The van der Waals surface area contributed by atoms with E-state index in [0.717, 1.165) is 24.0 Å². The Balaban J connectivity index is 1.61. The number of nitrogens with one attached hydrogen (secondary N) is 1. The summed E-state index contributed by atoms with van der Waals surface area (Å²) in [6.45, 7) is 1.47. The van der Waals surface area contributed by atoms with Crippen LogP contribution in [0.4, 0.5) is 4.79 Å². The lowest BCUT2D eigenvalue weighted by atomic mass is 9.88. The predicted octanol–water partition coefficient (Wildman–Crippen LogP) is 2.89. The number of hydrogen-bond donors (Lipinski definition) is 4. The lowest BCUT2D eigenvalue weighted by Gasteiger charge is -2.32. The molecule has 7 nitrogen and oxygen atoms in total. The highest BCUT2D eigenvalue weighted by Gasteiger charge is 2.25. The molecule has 0 saturated carbocycles. The van der Waals surface area contributed by atoms with Crippen LogP contribution >= 0.6 is 0 Å². The van der Waals surface area contributed by atoms with Crippen LogP contribution in [0.3, 0.4) is 0 Å². The largest absolute Gasteiger partial charge is 0.504 e. The Hall–Kier alpha value is -3.22. The highest BCUT2D eigenvalue weighted by atomic mass is 16.4. The Morgan fingerprint density at radius 1 is 1.04 bits per heavy atom. The van der Waals surface area contributed by atoms with Crippen molar-refractivity contribution in [2.75, 3.05) is 13.1 Å². The monoisotopic (exact) mass is 370 g/mol. The van der Waals surface area contributed by atoms with Crippen molar-refractivity contribution >= 4 is 12.0 Å². The van der Waals surface area contributed by atoms with Gasteiger partial charge in [0.25, 0.3) is 5.91 Å². The topological polar surface area (TPSA) is 110 Å². The van der Waals surface area contributed by atoms with Crippen molar-refractivity contribution in [3.8, 4) is 11.5 Å². The van der Waals surface area contributed by atoms with E-state index in [9.17, 15) is 19.8 Å². The van der Waals surface area contributed by atoms with E-state index in [0.29, 0.717) is 24.6 Å². The van der Waals surface area contributed by atoms with E-state index in [1.165, 1.54) is 18.2 Å². The molecular weight excluding hydrogens is 348 g/mol. The summed E-state index contributed by atoms with van der Waals surface area (Å²) >= 11 is 0. The molecule has 1 fully saturated rings. The molecule has 0 spiro atoms. The van der Waals surface area contributed by atoms with Gasteiger partial charge in [-0.1, -0.05) is 24.3 Å². The maximum atomic E-state index is 12.6. The van der Waals surface area contributed by atoms with Crippen molar-refractivity contribution in [3.05, 3.63) is 59.2 Å². The molecule has 2 aromatic rings. The third kappa shape index (κ3) is 4.49. The van der Waals surface area contributed by atoms with Crippen molar-refractivity contribution < 1.29 is 24.9 Å². The first-order chi connectivity index (χ1) is 12.9. The summed E-state index contributed by atoms with van der Waals surface area (Å²) in [4.78, 5) is 25.0. The fourth-order valence-corrected chi connectivity index (χ4v) is 3.39. The van der Waals surface area contributed by atoms with Crippen LogP contribution in [-0.4, -0.2) is 45.3 Å². The molecule has 0 bridgehead atoms. The zero-order chi connectivity index (χ0) is 19.4. The van der Waals surface area contributed by atoms with Crippen molar-refractivity contribution in [2.24, 2.45) is 0 Å². The maximum absolute atomic E-state index is 12.6. The number of carboxylic acid groups (broad SMARTS) is 1. The SMILES string of the molecule is O=C(O)NCc1cccc(C2CCN(C(=O)c3ccc(O)c(O)c3)CC2)c1. The van der Waals surface area contributed by atoms with Gasteiger partial charge in [-0.3, -0.25) is 4.79 Å². The summed E-state index contributed by atoms with van der Waals surface area (Å²) < 4.78 is 0. The predicted molar refractivity (Wildman–Crippen MR) is 99.0 cm³/mol. The van der Waals surface area contributed by atoms with Crippen LogP contribution in [0.5, 0.6) is 11.5 Å². The number of benzene rings is 2. The van der Waals surface area contributed by atoms with Gasteiger partial charge in [0.15, 0.2) is 11.5 Å². The molecule has 0 unspecified atom stereocenters. The third-order valence-electron chi connectivity index (χ3n) is 4.87. The Kier molecular flexibility index (Phi) is 5.49. The summed E-state index contributed by atoms with van der Waals surface area (Å²) in [5.41, 5.74) is 2.41. The molecule has 27 heavy (non-hydrogen) atoms. The van der Waals surface area contributed by atoms with Gasteiger partial charge < -0.3 is 25.5 Å². The van der Waals surface area contributed by atoms with Gasteiger partial charge in [-0.2, -0.15) is 0 Å². The molecule has 4 N–H and O–H groups in total. The van der Waals surface area contributed by atoms with E-state index >= 15 is 0 Å². The summed E-state index contributed by atoms with van der Waals surface area (Å²) in [6.07, 6.45) is 0.574. The highest BCUT2D eigenvalue weighted by Crippen LogP contribution is 2.30. The van der Waals surface area contributed by atoms with Gasteiger partial charge in [0.05, 0.1) is 0 Å². The van der Waals surface area contributed by atoms with Crippen molar-refractivity contribution in [1.82, 2.24) is 10.2 Å². The molecule has 0 atom stereocenters. The minimum atomic E-state index is -1.05. The van der Waals surface area contributed by atoms with E-state index in [-0.39, 0.29) is 24.0 Å². The van der Waals surface area contributed by atoms with Crippen LogP contribution in [-0.2, 0) is 6.54 Å². The number of hydrogen-bond acceptors (Lipinski definition) is 4. The molecule has 2 amide bonds. The number of nitrogens with zero attached hydrogens (tertiary/aromatic N) is 1. The van der Waals surface area contributed by atoms with Crippen molar-refractivity contribution in [1.29, 1.82) is 0 Å². The van der Waals surface area contributed by atoms with E-state index in [1.807, 2.05) is 24.3 Å². The average molecular weight is 370 g/mol. The lowest BCUT2D eigenvalue weighted by molar-refractivity contribution is 0.0712. The van der Waals surface area contributed by atoms with Crippen LogP contribution in [0, 0.1) is 0 Å². The van der Waals surface area contributed by atoms with Crippen molar-refractivity contribution in [2.45, 2.75) is 25.3 Å². The molecule has 142 valence electrons. The Bertz CT molecular complexity index is 844. The molecule has 1 aliphatic rings. The highest BCUT2D eigenvalue weighted by molar-refractivity contribution is 5.95. The second kappa shape index (κ2) is 7.99. The summed E-state index contributed by atoms with van der Waals surface area (Å²) in [5.74, 6) is -0.403. The molecule has 1 saturated heterocycles. The lowest BCUT2D eigenvalue weighted by Crippen LogP contribution is -2.37. The number of amides is 2. The zero-order valence-electron chi connectivity index (χ0n) is 14.8. The standard InChI is InChI=1S/C20H22N2O5/c23-17-5-4-16(11-18(17)24)19(25)22-8-6-14(7-9-22)15-3-1-2-13(10-15)12-21-20(26)27/h1-5,10-11,14,21,23-24H,6-9,12H2,(H,26,27). The van der Waals surface area contributed by atoms with Gasteiger partial charge in [0, 0.05) is 25.2 Å². The van der Waals surface area contributed by atoms with E-state index < -0.39 is 6.09 Å². The van der Waals surface area contributed by atoms with Crippen LogP contribution < -0.4 is 5.32 Å². The summed E-state index contributed by atoms with van der Waals surface area (Å²) in [6, 6.07) is 11.9. The summed E-state index contributed by atoms with van der Waals surface area (Å²) in [7, 11) is 0. The van der Waals surface area contributed by atoms with E-state index in [4.69, 9.17) is 5.11 Å². The smallest absolute Gasteiger partial charge is 0.404 e. The molecule has 1 heterocycles. The first-order valence-electron chi connectivity index (χ1n) is 8.81. The maximum Gasteiger partial charge on any atom is 0.404 e. The van der Waals surface area contributed by atoms with Gasteiger partial charge in [-0.05, 0) is 48.1 Å². The van der Waals surface area contributed by atoms with Crippen LogP contribution in [0.15, 0.2) is 42.5 Å². The zero-order valence-corrected chi connectivity index (χ0v) is 14.8. The second-order valence-corrected chi connectivity index (χ2v) is 6.67. The number of phenolic OH excluding ortho intramolecular Hbond substituents is 2. The average Bonchev–Trinajstić information content (AvgIpc) is 2.68. The van der Waals surface area contributed by atoms with E-state index in [1.54, 1.807) is 4.90 Å². The minimum Gasteiger partial charge on any atom is -0.504 e. The molecule has 0 radical (unpaired) electrons. The van der Waals surface area contributed by atoms with Gasteiger partial charge in [-0.25, -0.2) is 4.79 Å². The fourth-order valence-electron chi connectivity index (χ4n) is 3.39. The Morgan fingerprint density at radius 2 is 1.78 bits per heavy atom. The molecule has 2 aromatic carbocycles. The number of phenols is 2. The van der Waals surface area contributed by atoms with Crippen LogP contribution in [0.1, 0.15) is 40.2 Å². The van der Waals surface area contributed by atoms with Crippen LogP contribution in [0.25, 0.3) is 0 Å². The number of carbonyl (C=O) groups is 2. The minimum absolute atomic E-state index is 0.164. The molecule has 0 aliphatic carbocycles. The van der Waals surface area contributed by atoms with Crippen LogP contribution in [0.2, 0.25) is 0 Å². The number of aromatic hydroxyl groups is 2. The Labute approximate surface area is 156 Å². The third-order valence-corrected chi connectivity index (χ3v) is 4.87. The second-order valence-electron chi connectivity index (χ2n) is 6.67. The quantitative estimate of drug-likeness (QED) is 0.619. The first kappa shape index (κ1) is 18.6. The van der Waals surface area contributed by atoms with Crippen molar-refractivity contribution in [3.63, 3.8) is 0 Å². The number of likely N-dealkylation sites (tertiary alicyclic amines) is 1. The van der Waals surface area contributed by atoms with Gasteiger partial charge in [0.2, 0.25) is 0 Å². The Morgan fingerprint density at radius 3 is 2.44 bits per heavy atom. The van der Waals surface area contributed by atoms with Gasteiger partial charge >= 0.3 is 6.09 Å². The molecule has 7 heteroatoms. The molecule has 3 rings (SSSR count). The number of piperidine rings is 1. The molecule has 0 aromatic heterocycles. The van der Waals surface area contributed by atoms with Gasteiger partial charge in [0.1, 0.15) is 0 Å². The number of carbonyl (C=O) groups excluding carboxylic acids is 1. The molecular formula is C20H22N2O5.